The van der Waals surface area contributed by atoms with E-state index in [2.05, 4.69) is 11.4 Å². The normalized spacial score (nSPS) is 15.1. The monoisotopic (exact) mass is 444 g/mol. The number of aromatic nitrogens is 1. The minimum absolute atomic E-state index is 0.0631. The summed E-state index contributed by atoms with van der Waals surface area (Å²) in [5.41, 5.74) is 4.10. The van der Waals surface area contributed by atoms with Crippen LogP contribution >= 0.6 is 12.2 Å². The summed E-state index contributed by atoms with van der Waals surface area (Å²) in [6, 6.07) is 16.4. The number of anilines is 1. The van der Waals surface area contributed by atoms with E-state index in [0.717, 1.165) is 17.1 Å². The van der Waals surface area contributed by atoms with Crippen molar-refractivity contribution in [2.75, 3.05) is 4.90 Å². The second-order valence-corrected chi connectivity index (χ2v) is 7.64. The molecule has 1 aliphatic rings. The minimum atomic E-state index is -0.596. The standard InChI is InChI=1S/C24H17FN4O2S/c1-14-11-17(15(2)28(14)19-7-3-16(13-26)4-8-19)12-21-22(30)27-24(32)29(23(21)31)20-9-5-18(25)6-10-20/h3-12H,1-2H3,(H,27,30,32)/b21-12-. The SMILES string of the molecule is Cc1cc(/C=C2/C(=O)NC(=S)N(c3ccc(F)cc3)C2=O)c(C)n1-c1ccc(C#N)cc1. The van der Waals surface area contributed by atoms with Crippen LogP contribution < -0.4 is 10.2 Å². The number of aryl methyl sites for hydroxylation is 1. The van der Waals surface area contributed by atoms with E-state index in [4.69, 9.17) is 17.5 Å². The summed E-state index contributed by atoms with van der Waals surface area (Å²) in [4.78, 5) is 26.9. The molecule has 32 heavy (non-hydrogen) atoms. The van der Waals surface area contributed by atoms with Gasteiger partial charge in [-0.05, 0) is 92.3 Å². The van der Waals surface area contributed by atoms with Crippen LogP contribution in [0.4, 0.5) is 10.1 Å². The fourth-order valence-electron chi connectivity index (χ4n) is 3.65. The molecule has 0 spiro atoms. The summed E-state index contributed by atoms with van der Waals surface area (Å²) in [5, 5.41) is 11.5. The molecule has 4 rings (SSSR count). The Hall–Kier alpha value is -4.09. The highest BCUT2D eigenvalue weighted by Gasteiger charge is 2.34. The maximum atomic E-state index is 13.3. The van der Waals surface area contributed by atoms with Crippen LogP contribution in [0.1, 0.15) is 22.5 Å². The van der Waals surface area contributed by atoms with Crippen molar-refractivity contribution in [3.8, 4) is 11.8 Å². The first kappa shape index (κ1) is 21.2. The van der Waals surface area contributed by atoms with Crippen LogP contribution in [0.25, 0.3) is 11.8 Å². The molecule has 2 amide bonds. The lowest BCUT2D eigenvalue weighted by Crippen LogP contribution is -2.54. The van der Waals surface area contributed by atoms with Gasteiger partial charge in [-0.25, -0.2) is 4.39 Å². The number of rotatable bonds is 3. The molecule has 8 heteroatoms. The number of carbonyl (C=O) groups is 2. The Kier molecular flexibility index (Phi) is 5.43. The third-order valence-corrected chi connectivity index (χ3v) is 5.50. The zero-order valence-corrected chi connectivity index (χ0v) is 18.0. The second-order valence-electron chi connectivity index (χ2n) is 7.25. The lowest BCUT2D eigenvalue weighted by Gasteiger charge is -2.28. The van der Waals surface area contributed by atoms with Gasteiger partial charge in [0.05, 0.1) is 17.3 Å². The summed E-state index contributed by atoms with van der Waals surface area (Å²) >= 11 is 5.17. The van der Waals surface area contributed by atoms with Crippen LogP contribution in [0.5, 0.6) is 0 Å². The fourth-order valence-corrected chi connectivity index (χ4v) is 3.93. The highest BCUT2D eigenvalue weighted by atomic mass is 32.1. The Morgan fingerprint density at radius 1 is 1.03 bits per heavy atom. The molecule has 1 fully saturated rings. The number of carbonyl (C=O) groups excluding carboxylic acids is 2. The van der Waals surface area contributed by atoms with Gasteiger partial charge in [-0.1, -0.05) is 0 Å². The third kappa shape index (κ3) is 3.70. The van der Waals surface area contributed by atoms with E-state index >= 15 is 0 Å². The number of nitrogens with zero attached hydrogens (tertiary/aromatic N) is 3. The topological polar surface area (TPSA) is 78.1 Å². The number of thiocarbonyl (C=S) groups is 1. The summed E-state index contributed by atoms with van der Waals surface area (Å²) in [6.45, 7) is 3.79. The highest BCUT2D eigenvalue weighted by Crippen LogP contribution is 2.26. The largest absolute Gasteiger partial charge is 0.318 e. The summed E-state index contributed by atoms with van der Waals surface area (Å²) in [7, 11) is 0. The average molecular weight is 444 g/mol. The predicted octanol–water partition coefficient (Wildman–Crippen LogP) is 3.94. The van der Waals surface area contributed by atoms with Crippen LogP contribution in [0.2, 0.25) is 0 Å². The van der Waals surface area contributed by atoms with Gasteiger partial charge in [0.15, 0.2) is 5.11 Å². The average Bonchev–Trinajstić information content (AvgIpc) is 3.05. The summed E-state index contributed by atoms with van der Waals surface area (Å²) in [6.07, 6.45) is 1.53. The molecular weight excluding hydrogens is 427 g/mol. The number of amides is 2. The lowest BCUT2D eigenvalue weighted by atomic mass is 10.1. The van der Waals surface area contributed by atoms with Gasteiger partial charge in [0.25, 0.3) is 11.8 Å². The smallest absolute Gasteiger partial charge is 0.270 e. The first-order valence-corrected chi connectivity index (χ1v) is 10.1. The Labute approximate surface area is 189 Å². The number of hydrogen-bond donors (Lipinski definition) is 1. The van der Waals surface area contributed by atoms with Gasteiger partial charge < -0.3 is 4.57 Å². The van der Waals surface area contributed by atoms with E-state index in [0.29, 0.717) is 16.8 Å². The predicted molar refractivity (Wildman–Crippen MR) is 123 cm³/mol. The second kappa shape index (κ2) is 8.21. The Balaban J connectivity index is 1.74. The van der Waals surface area contributed by atoms with Crippen molar-refractivity contribution in [2.45, 2.75) is 13.8 Å². The van der Waals surface area contributed by atoms with E-state index in [1.807, 2.05) is 36.6 Å². The van der Waals surface area contributed by atoms with E-state index in [9.17, 15) is 14.0 Å². The van der Waals surface area contributed by atoms with Crippen LogP contribution in [0.15, 0.2) is 60.2 Å². The lowest BCUT2D eigenvalue weighted by molar-refractivity contribution is -0.122. The number of nitriles is 1. The molecule has 2 heterocycles. The van der Waals surface area contributed by atoms with E-state index in [1.54, 1.807) is 12.1 Å². The molecule has 0 unspecified atom stereocenters. The molecule has 0 bridgehead atoms. The van der Waals surface area contributed by atoms with Crippen molar-refractivity contribution < 1.29 is 14.0 Å². The van der Waals surface area contributed by atoms with Crippen molar-refractivity contribution >= 4 is 40.9 Å². The number of halogens is 1. The van der Waals surface area contributed by atoms with Crippen molar-refractivity contribution in [3.63, 3.8) is 0 Å². The zero-order valence-electron chi connectivity index (χ0n) is 17.2. The van der Waals surface area contributed by atoms with Crippen molar-refractivity contribution in [1.82, 2.24) is 9.88 Å². The van der Waals surface area contributed by atoms with Crippen LogP contribution in [0, 0.1) is 31.0 Å². The molecule has 6 nitrogen and oxygen atoms in total. The van der Waals surface area contributed by atoms with E-state index < -0.39 is 17.6 Å². The van der Waals surface area contributed by atoms with Gasteiger partial charge in [-0.2, -0.15) is 5.26 Å². The van der Waals surface area contributed by atoms with Gasteiger partial charge >= 0.3 is 0 Å². The van der Waals surface area contributed by atoms with Gasteiger partial charge in [0, 0.05) is 17.1 Å². The number of benzene rings is 2. The molecular formula is C24H17FN4O2S. The first-order valence-electron chi connectivity index (χ1n) is 9.66. The molecule has 1 aromatic heterocycles. The maximum absolute atomic E-state index is 13.3. The van der Waals surface area contributed by atoms with Crippen LogP contribution in [0.3, 0.4) is 0 Å². The highest BCUT2D eigenvalue weighted by molar-refractivity contribution is 7.80. The van der Waals surface area contributed by atoms with E-state index in [1.165, 1.54) is 35.2 Å². The van der Waals surface area contributed by atoms with Gasteiger partial charge in [0.2, 0.25) is 0 Å². The van der Waals surface area contributed by atoms with Crippen molar-refractivity contribution in [2.24, 2.45) is 0 Å². The van der Waals surface area contributed by atoms with Crippen LogP contribution in [-0.2, 0) is 9.59 Å². The molecule has 0 aliphatic carbocycles. The summed E-state index contributed by atoms with van der Waals surface area (Å²) in [5.74, 6) is -1.63. The van der Waals surface area contributed by atoms with E-state index in [-0.39, 0.29) is 10.7 Å². The molecule has 158 valence electrons. The molecule has 1 N–H and O–H groups in total. The first-order chi connectivity index (χ1) is 15.3. The Bertz CT molecular complexity index is 1330. The molecule has 1 saturated heterocycles. The molecule has 2 aromatic carbocycles. The van der Waals surface area contributed by atoms with Crippen molar-refractivity contribution in [1.29, 1.82) is 5.26 Å². The van der Waals surface area contributed by atoms with Crippen molar-refractivity contribution in [3.05, 3.63) is 88.5 Å². The van der Waals surface area contributed by atoms with Crippen LogP contribution in [-0.4, -0.2) is 21.5 Å². The Morgan fingerprint density at radius 3 is 2.28 bits per heavy atom. The number of nitrogens with one attached hydrogen (secondary N) is 1. The fraction of sp³-hybridized carbons (Fsp3) is 0.0833. The molecule has 0 radical (unpaired) electrons. The number of hydrogen-bond acceptors (Lipinski definition) is 4. The van der Waals surface area contributed by atoms with Gasteiger partial charge in [-0.15, -0.1) is 0 Å². The maximum Gasteiger partial charge on any atom is 0.270 e. The minimum Gasteiger partial charge on any atom is -0.318 e. The van der Waals surface area contributed by atoms with Gasteiger partial charge in [0.1, 0.15) is 11.4 Å². The third-order valence-electron chi connectivity index (χ3n) is 5.21. The zero-order chi connectivity index (χ0) is 23.0. The Morgan fingerprint density at radius 2 is 1.66 bits per heavy atom. The molecule has 0 saturated carbocycles. The quantitative estimate of drug-likeness (QED) is 0.377. The van der Waals surface area contributed by atoms with Gasteiger partial charge in [-0.3, -0.25) is 19.8 Å². The molecule has 0 atom stereocenters. The summed E-state index contributed by atoms with van der Waals surface area (Å²) < 4.78 is 15.3. The molecule has 1 aliphatic heterocycles. The molecule has 3 aromatic rings.